The number of aliphatic hydroxyl groups excluding tert-OH is 1. The summed E-state index contributed by atoms with van der Waals surface area (Å²) in [5.74, 6) is 0.425. The number of ether oxygens (including phenoxy) is 2. The SMILES string of the molecule is CCOC(=O)CCc1ccccc1C(C)OCC(O)CN1CC[C@H](C)C1.Cc1ccc(C)c(F)c1. The average molecular weight is 488 g/mol. The van der Waals surface area contributed by atoms with Crippen molar-refractivity contribution in [2.75, 3.05) is 32.8 Å². The molecular formula is C29H42FNO4. The maximum Gasteiger partial charge on any atom is 0.306 e. The Morgan fingerprint density at radius 2 is 1.97 bits per heavy atom. The van der Waals surface area contributed by atoms with Gasteiger partial charge in [0, 0.05) is 19.5 Å². The third kappa shape index (κ3) is 10.5. The predicted molar refractivity (Wildman–Crippen MR) is 138 cm³/mol. The van der Waals surface area contributed by atoms with E-state index in [4.69, 9.17) is 9.47 Å². The zero-order chi connectivity index (χ0) is 25.8. The highest BCUT2D eigenvalue weighted by molar-refractivity contribution is 5.69. The smallest absolute Gasteiger partial charge is 0.306 e. The fourth-order valence-corrected chi connectivity index (χ4v) is 4.21. The molecule has 2 unspecified atom stereocenters. The van der Waals surface area contributed by atoms with Crippen LogP contribution in [0.1, 0.15) is 62.0 Å². The van der Waals surface area contributed by atoms with Crippen molar-refractivity contribution in [3.05, 3.63) is 70.5 Å². The molecule has 1 aliphatic heterocycles. The summed E-state index contributed by atoms with van der Waals surface area (Å²) < 4.78 is 23.5. The first-order valence-corrected chi connectivity index (χ1v) is 12.7. The largest absolute Gasteiger partial charge is 0.466 e. The van der Waals surface area contributed by atoms with Gasteiger partial charge in [0.1, 0.15) is 5.82 Å². The first-order valence-electron chi connectivity index (χ1n) is 12.7. The van der Waals surface area contributed by atoms with Crippen LogP contribution in [0.4, 0.5) is 4.39 Å². The lowest BCUT2D eigenvalue weighted by Crippen LogP contribution is -2.33. The van der Waals surface area contributed by atoms with Gasteiger partial charge in [0.25, 0.3) is 0 Å². The number of halogens is 1. The first-order chi connectivity index (χ1) is 16.7. The van der Waals surface area contributed by atoms with E-state index in [1.54, 1.807) is 13.0 Å². The number of aliphatic hydroxyl groups is 1. The van der Waals surface area contributed by atoms with Crippen LogP contribution < -0.4 is 0 Å². The maximum absolute atomic E-state index is 12.6. The minimum absolute atomic E-state index is 0.116. The van der Waals surface area contributed by atoms with Gasteiger partial charge in [-0.05, 0) is 81.3 Å². The lowest BCUT2D eigenvalue weighted by molar-refractivity contribution is -0.143. The number of nitrogens with zero attached hydrogens (tertiary/aromatic N) is 1. The molecule has 0 saturated carbocycles. The minimum Gasteiger partial charge on any atom is -0.466 e. The number of esters is 1. The van der Waals surface area contributed by atoms with Crippen LogP contribution in [0.5, 0.6) is 0 Å². The van der Waals surface area contributed by atoms with E-state index in [0.717, 1.165) is 29.8 Å². The molecule has 6 heteroatoms. The van der Waals surface area contributed by atoms with E-state index < -0.39 is 6.10 Å². The van der Waals surface area contributed by atoms with Crippen LogP contribution in [0.3, 0.4) is 0 Å². The van der Waals surface area contributed by atoms with Crippen LogP contribution in [0.15, 0.2) is 42.5 Å². The molecule has 1 fully saturated rings. The van der Waals surface area contributed by atoms with Crippen LogP contribution >= 0.6 is 0 Å². The molecule has 3 rings (SSSR count). The van der Waals surface area contributed by atoms with E-state index in [1.165, 1.54) is 12.5 Å². The van der Waals surface area contributed by atoms with Gasteiger partial charge in [0.05, 0.1) is 25.4 Å². The maximum atomic E-state index is 12.6. The van der Waals surface area contributed by atoms with E-state index in [0.29, 0.717) is 44.1 Å². The van der Waals surface area contributed by atoms with Crippen molar-refractivity contribution in [2.45, 2.75) is 66.1 Å². The molecular weight excluding hydrogens is 445 g/mol. The predicted octanol–water partition coefficient (Wildman–Crippen LogP) is 5.41. The fourth-order valence-electron chi connectivity index (χ4n) is 4.21. The number of rotatable bonds is 10. The van der Waals surface area contributed by atoms with Crippen LogP contribution in [0.25, 0.3) is 0 Å². The highest BCUT2D eigenvalue weighted by atomic mass is 19.1. The lowest BCUT2D eigenvalue weighted by Gasteiger charge is -2.22. The molecule has 194 valence electrons. The second-order valence-electron chi connectivity index (χ2n) is 9.54. The third-order valence-electron chi connectivity index (χ3n) is 6.24. The van der Waals surface area contributed by atoms with E-state index in [9.17, 15) is 14.3 Å². The number of aryl methyl sites for hydroxylation is 3. The summed E-state index contributed by atoms with van der Waals surface area (Å²) in [4.78, 5) is 13.9. The van der Waals surface area contributed by atoms with E-state index in [-0.39, 0.29) is 17.9 Å². The molecule has 2 aromatic carbocycles. The zero-order valence-electron chi connectivity index (χ0n) is 21.9. The number of β-amino-alcohol motifs (C(OH)–C–C–N with tert-alkyl or cyclic N) is 1. The molecule has 0 bridgehead atoms. The Morgan fingerprint density at radius 1 is 1.23 bits per heavy atom. The Morgan fingerprint density at radius 3 is 2.60 bits per heavy atom. The van der Waals surface area contributed by atoms with Crippen LogP contribution in [0.2, 0.25) is 0 Å². The van der Waals surface area contributed by atoms with Crippen molar-refractivity contribution in [3.8, 4) is 0 Å². The van der Waals surface area contributed by atoms with Gasteiger partial charge < -0.3 is 19.5 Å². The van der Waals surface area contributed by atoms with E-state index >= 15 is 0 Å². The van der Waals surface area contributed by atoms with E-state index in [1.807, 2.05) is 51.1 Å². The van der Waals surface area contributed by atoms with Gasteiger partial charge in [0.2, 0.25) is 0 Å². The van der Waals surface area contributed by atoms with Gasteiger partial charge in [-0.1, -0.05) is 43.3 Å². The first kappa shape index (κ1) is 29.0. The molecule has 1 aliphatic rings. The summed E-state index contributed by atoms with van der Waals surface area (Å²) in [6.45, 7) is 13.2. The number of hydrogen-bond acceptors (Lipinski definition) is 5. The van der Waals surface area contributed by atoms with Crippen LogP contribution in [-0.4, -0.2) is 54.9 Å². The normalized spacial score (nSPS) is 17.4. The Bertz CT molecular complexity index is 919. The zero-order valence-corrected chi connectivity index (χ0v) is 21.9. The summed E-state index contributed by atoms with van der Waals surface area (Å²) in [5, 5.41) is 10.3. The summed E-state index contributed by atoms with van der Waals surface area (Å²) in [5.41, 5.74) is 3.84. The molecule has 0 radical (unpaired) electrons. The topological polar surface area (TPSA) is 59.0 Å². The molecule has 0 spiro atoms. The fraction of sp³-hybridized carbons (Fsp3) is 0.552. The number of likely N-dealkylation sites (tertiary alicyclic amines) is 1. The molecule has 0 aromatic heterocycles. The Kier molecular flexibility index (Phi) is 12.4. The average Bonchev–Trinajstić information content (AvgIpc) is 3.24. The van der Waals surface area contributed by atoms with Crippen molar-refractivity contribution in [1.29, 1.82) is 0 Å². The Hall–Kier alpha value is -2.28. The van der Waals surface area contributed by atoms with Gasteiger partial charge in [-0.3, -0.25) is 4.79 Å². The van der Waals surface area contributed by atoms with Gasteiger partial charge in [-0.25, -0.2) is 4.39 Å². The second kappa shape index (κ2) is 15.0. The lowest BCUT2D eigenvalue weighted by atomic mass is 9.99. The monoisotopic (exact) mass is 487 g/mol. The molecule has 1 N–H and O–H groups in total. The highest BCUT2D eigenvalue weighted by Crippen LogP contribution is 2.23. The Balaban J connectivity index is 0.000000402. The Labute approximate surface area is 210 Å². The van der Waals surface area contributed by atoms with E-state index in [2.05, 4.69) is 11.8 Å². The van der Waals surface area contributed by atoms with Crippen LogP contribution in [-0.2, 0) is 20.7 Å². The standard InChI is InChI=1S/C21H33NO4.C8H9F/c1-4-25-21(24)10-9-18-7-5-6-8-20(18)17(3)26-15-19(23)14-22-12-11-16(2)13-22;1-6-3-4-7(2)8(9)5-6/h5-8,16-17,19,23H,4,9-15H2,1-3H3;3-5H,1-2H3/t16-,17?,19?;/m0./s1. The number of carbonyl (C=O) groups excluding carboxylic acids is 1. The molecule has 1 saturated heterocycles. The molecule has 0 amide bonds. The summed E-state index contributed by atoms with van der Waals surface area (Å²) in [6, 6.07) is 13.2. The molecule has 1 heterocycles. The third-order valence-corrected chi connectivity index (χ3v) is 6.24. The van der Waals surface area contributed by atoms with Crippen LogP contribution in [0, 0.1) is 25.6 Å². The van der Waals surface area contributed by atoms with Crippen molar-refractivity contribution in [1.82, 2.24) is 4.90 Å². The van der Waals surface area contributed by atoms with Gasteiger partial charge in [-0.2, -0.15) is 0 Å². The number of carbonyl (C=O) groups is 1. The van der Waals surface area contributed by atoms with Gasteiger partial charge in [0.15, 0.2) is 0 Å². The quantitative estimate of drug-likeness (QED) is 0.455. The molecule has 35 heavy (non-hydrogen) atoms. The van der Waals surface area contributed by atoms with Crippen molar-refractivity contribution < 1.29 is 23.8 Å². The number of hydrogen-bond donors (Lipinski definition) is 1. The molecule has 3 atom stereocenters. The second-order valence-corrected chi connectivity index (χ2v) is 9.54. The highest BCUT2D eigenvalue weighted by Gasteiger charge is 2.21. The van der Waals surface area contributed by atoms with Crippen molar-refractivity contribution >= 4 is 5.97 Å². The molecule has 2 aromatic rings. The molecule has 5 nitrogen and oxygen atoms in total. The van der Waals surface area contributed by atoms with Crippen molar-refractivity contribution in [2.24, 2.45) is 5.92 Å². The number of benzene rings is 2. The molecule has 0 aliphatic carbocycles. The van der Waals surface area contributed by atoms with Crippen molar-refractivity contribution in [3.63, 3.8) is 0 Å². The van der Waals surface area contributed by atoms with Gasteiger partial charge in [-0.15, -0.1) is 0 Å². The summed E-state index contributed by atoms with van der Waals surface area (Å²) in [7, 11) is 0. The van der Waals surface area contributed by atoms with Gasteiger partial charge >= 0.3 is 5.97 Å². The minimum atomic E-state index is -0.477. The summed E-state index contributed by atoms with van der Waals surface area (Å²) in [6.07, 6.45) is 1.61. The summed E-state index contributed by atoms with van der Waals surface area (Å²) >= 11 is 0.